The zero-order valence-electron chi connectivity index (χ0n) is 9.04. The van der Waals surface area contributed by atoms with Gasteiger partial charge in [0, 0.05) is 24.5 Å². The molecule has 2 fully saturated rings. The summed E-state index contributed by atoms with van der Waals surface area (Å²) in [5, 5.41) is 3.60. The molecule has 2 aliphatic rings. The van der Waals surface area contributed by atoms with Gasteiger partial charge in [0.25, 0.3) is 0 Å². The first-order valence-electron chi connectivity index (χ1n) is 5.88. The zero-order chi connectivity index (χ0) is 9.97. The van der Waals surface area contributed by atoms with Crippen molar-refractivity contribution in [2.24, 2.45) is 17.6 Å². The Balaban J connectivity index is 1.59. The Bertz CT molecular complexity index is 186. The van der Waals surface area contributed by atoms with E-state index in [1.54, 1.807) is 0 Å². The summed E-state index contributed by atoms with van der Waals surface area (Å²) in [6.45, 7) is 4.90. The normalized spacial score (nSPS) is 41.6. The summed E-state index contributed by atoms with van der Waals surface area (Å²) < 4.78 is 5.33. The van der Waals surface area contributed by atoms with Crippen molar-refractivity contribution in [1.29, 1.82) is 0 Å². The van der Waals surface area contributed by atoms with E-state index in [4.69, 9.17) is 10.5 Å². The molecule has 3 nitrogen and oxygen atoms in total. The van der Waals surface area contributed by atoms with Crippen molar-refractivity contribution in [1.82, 2.24) is 5.32 Å². The highest BCUT2D eigenvalue weighted by atomic mass is 16.5. The lowest BCUT2D eigenvalue weighted by atomic mass is 10.1. The molecule has 0 aromatic heterocycles. The lowest BCUT2D eigenvalue weighted by Crippen LogP contribution is -2.37. The van der Waals surface area contributed by atoms with Crippen LogP contribution in [-0.4, -0.2) is 31.8 Å². The maximum atomic E-state index is 5.91. The molecular weight excluding hydrogens is 176 g/mol. The number of ether oxygens (including phenoxy) is 1. The highest BCUT2D eigenvalue weighted by Crippen LogP contribution is 2.34. The van der Waals surface area contributed by atoms with Crippen LogP contribution in [0.25, 0.3) is 0 Å². The Kier molecular flexibility index (Phi) is 3.42. The second kappa shape index (κ2) is 4.60. The average molecular weight is 198 g/mol. The van der Waals surface area contributed by atoms with Crippen molar-refractivity contribution in [3.05, 3.63) is 0 Å². The molecule has 1 saturated heterocycles. The number of hydrogen-bond acceptors (Lipinski definition) is 3. The molecule has 4 atom stereocenters. The Morgan fingerprint density at radius 3 is 2.86 bits per heavy atom. The summed E-state index contributed by atoms with van der Waals surface area (Å²) in [6.07, 6.45) is 4.07. The maximum Gasteiger partial charge on any atom is 0.0621 e. The highest BCUT2D eigenvalue weighted by molar-refractivity contribution is 4.94. The third-order valence-electron chi connectivity index (χ3n) is 3.47. The van der Waals surface area contributed by atoms with Crippen LogP contribution >= 0.6 is 0 Å². The summed E-state index contributed by atoms with van der Waals surface area (Å²) >= 11 is 0. The fourth-order valence-electron chi connectivity index (χ4n) is 2.32. The van der Waals surface area contributed by atoms with Gasteiger partial charge in [-0.1, -0.05) is 13.3 Å². The van der Waals surface area contributed by atoms with Crippen LogP contribution in [0.15, 0.2) is 0 Å². The summed E-state index contributed by atoms with van der Waals surface area (Å²) in [6, 6.07) is 1.04. The Labute approximate surface area is 86.4 Å². The molecule has 3 heteroatoms. The molecule has 2 rings (SSSR count). The van der Waals surface area contributed by atoms with Crippen molar-refractivity contribution in [2.75, 3.05) is 19.8 Å². The number of hydrogen-bond donors (Lipinski definition) is 2. The SMILES string of the molecule is CCCC1CC1NCC1COCC1N. The Hall–Kier alpha value is -0.120. The highest BCUT2D eigenvalue weighted by Gasteiger charge is 2.36. The minimum absolute atomic E-state index is 0.255. The molecule has 1 saturated carbocycles. The van der Waals surface area contributed by atoms with Gasteiger partial charge in [-0.3, -0.25) is 0 Å². The number of rotatable bonds is 5. The van der Waals surface area contributed by atoms with Gasteiger partial charge in [0.1, 0.15) is 0 Å². The van der Waals surface area contributed by atoms with E-state index in [2.05, 4.69) is 12.2 Å². The molecule has 0 spiro atoms. The minimum atomic E-state index is 0.255. The van der Waals surface area contributed by atoms with Crippen LogP contribution in [0.1, 0.15) is 26.2 Å². The van der Waals surface area contributed by atoms with Gasteiger partial charge in [-0.2, -0.15) is 0 Å². The van der Waals surface area contributed by atoms with Gasteiger partial charge in [0.05, 0.1) is 13.2 Å². The van der Waals surface area contributed by atoms with Crippen molar-refractivity contribution in [2.45, 2.75) is 38.3 Å². The molecule has 1 aliphatic heterocycles. The largest absolute Gasteiger partial charge is 0.379 e. The fourth-order valence-corrected chi connectivity index (χ4v) is 2.32. The van der Waals surface area contributed by atoms with Gasteiger partial charge in [-0.15, -0.1) is 0 Å². The first kappa shape index (κ1) is 10.4. The average Bonchev–Trinajstić information content (AvgIpc) is 2.78. The predicted octanol–water partition coefficient (Wildman–Crippen LogP) is 0.738. The second-order valence-electron chi connectivity index (χ2n) is 4.76. The molecule has 0 aromatic rings. The van der Waals surface area contributed by atoms with E-state index in [0.29, 0.717) is 5.92 Å². The third-order valence-corrected chi connectivity index (χ3v) is 3.47. The molecule has 0 bridgehead atoms. The number of nitrogens with one attached hydrogen (secondary N) is 1. The van der Waals surface area contributed by atoms with E-state index < -0.39 is 0 Å². The Morgan fingerprint density at radius 1 is 1.36 bits per heavy atom. The van der Waals surface area contributed by atoms with Crippen molar-refractivity contribution < 1.29 is 4.74 Å². The standard InChI is InChI=1S/C11H22N2O/c1-2-3-8-4-11(8)13-5-9-6-14-7-10(9)12/h8-11,13H,2-7,12H2,1H3. The van der Waals surface area contributed by atoms with Gasteiger partial charge in [0.15, 0.2) is 0 Å². The van der Waals surface area contributed by atoms with E-state index in [0.717, 1.165) is 31.7 Å². The third kappa shape index (κ3) is 2.47. The predicted molar refractivity (Wildman–Crippen MR) is 57.1 cm³/mol. The second-order valence-corrected chi connectivity index (χ2v) is 4.76. The van der Waals surface area contributed by atoms with E-state index in [9.17, 15) is 0 Å². The van der Waals surface area contributed by atoms with Crippen LogP contribution in [-0.2, 0) is 4.74 Å². The van der Waals surface area contributed by atoms with E-state index in [-0.39, 0.29) is 6.04 Å². The van der Waals surface area contributed by atoms with Crippen LogP contribution in [0, 0.1) is 11.8 Å². The molecule has 3 N–H and O–H groups in total. The molecule has 82 valence electrons. The van der Waals surface area contributed by atoms with Crippen LogP contribution in [0.3, 0.4) is 0 Å². The molecule has 4 unspecified atom stereocenters. The smallest absolute Gasteiger partial charge is 0.0621 e. The van der Waals surface area contributed by atoms with Crippen LogP contribution in [0.5, 0.6) is 0 Å². The van der Waals surface area contributed by atoms with Crippen LogP contribution in [0.2, 0.25) is 0 Å². The van der Waals surface area contributed by atoms with E-state index in [1.807, 2.05) is 0 Å². The quantitative estimate of drug-likeness (QED) is 0.685. The molecule has 0 radical (unpaired) electrons. The molecule has 14 heavy (non-hydrogen) atoms. The first-order valence-corrected chi connectivity index (χ1v) is 5.88. The topological polar surface area (TPSA) is 47.3 Å². The van der Waals surface area contributed by atoms with Gasteiger partial charge in [-0.25, -0.2) is 0 Å². The fraction of sp³-hybridized carbons (Fsp3) is 1.00. The maximum absolute atomic E-state index is 5.91. The molecule has 1 heterocycles. The van der Waals surface area contributed by atoms with E-state index in [1.165, 1.54) is 19.3 Å². The number of nitrogens with two attached hydrogens (primary N) is 1. The molecular formula is C11H22N2O. The molecule has 0 aromatic carbocycles. The summed E-state index contributed by atoms with van der Waals surface area (Å²) in [5.74, 6) is 1.48. The summed E-state index contributed by atoms with van der Waals surface area (Å²) in [4.78, 5) is 0. The van der Waals surface area contributed by atoms with E-state index >= 15 is 0 Å². The lowest BCUT2D eigenvalue weighted by Gasteiger charge is -2.13. The monoisotopic (exact) mass is 198 g/mol. The zero-order valence-corrected chi connectivity index (χ0v) is 9.04. The summed E-state index contributed by atoms with van der Waals surface area (Å²) in [7, 11) is 0. The Morgan fingerprint density at radius 2 is 2.21 bits per heavy atom. The van der Waals surface area contributed by atoms with Crippen molar-refractivity contribution in [3.8, 4) is 0 Å². The van der Waals surface area contributed by atoms with Crippen LogP contribution in [0.4, 0.5) is 0 Å². The van der Waals surface area contributed by atoms with Gasteiger partial charge in [-0.05, 0) is 18.8 Å². The first-order chi connectivity index (χ1) is 6.81. The van der Waals surface area contributed by atoms with Gasteiger partial charge in [0.2, 0.25) is 0 Å². The molecule has 0 amide bonds. The molecule has 1 aliphatic carbocycles. The van der Waals surface area contributed by atoms with Crippen LogP contribution < -0.4 is 11.1 Å². The summed E-state index contributed by atoms with van der Waals surface area (Å²) in [5.41, 5.74) is 5.91. The van der Waals surface area contributed by atoms with Gasteiger partial charge >= 0.3 is 0 Å². The van der Waals surface area contributed by atoms with Crippen molar-refractivity contribution in [3.63, 3.8) is 0 Å². The minimum Gasteiger partial charge on any atom is -0.379 e. The van der Waals surface area contributed by atoms with Crippen molar-refractivity contribution >= 4 is 0 Å². The van der Waals surface area contributed by atoms with Gasteiger partial charge < -0.3 is 15.8 Å². The lowest BCUT2D eigenvalue weighted by molar-refractivity contribution is 0.183.